The minimum absolute atomic E-state index is 0.0460. The van der Waals surface area contributed by atoms with Crippen molar-refractivity contribution >= 4 is 11.8 Å². The average molecular weight is 416 g/mol. The Labute approximate surface area is 178 Å². The summed E-state index contributed by atoms with van der Waals surface area (Å²) in [6, 6.07) is 5.98. The van der Waals surface area contributed by atoms with Gasteiger partial charge in [0, 0.05) is 38.8 Å². The topological polar surface area (TPSA) is 62.3 Å². The van der Waals surface area contributed by atoms with Crippen molar-refractivity contribution in [1.82, 2.24) is 14.7 Å². The number of benzene rings is 1. The minimum atomic E-state index is -0.108. The van der Waals surface area contributed by atoms with E-state index in [0.717, 1.165) is 13.0 Å². The Bertz CT molecular complexity index is 747. The number of hydrogen-bond acceptors (Lipinski definition) is 5. The van der Waals surface area contributed by atoms with Crippen LogP contribution < -0.4 is 9.47 Å². The molecule has 1 saturated carbocycles. The van der Waals surface area contributed by atoms with Crippen LogP contribution in [0.3, 0.4) is 0 Å². The molecule has 0 radical (unpaired) electrons. The fourth-order valence-electron chi connectivity index (χ4n) is 5.08. The van der Waals surface area contributed by atoms with Crippen LogP contribution in [0.5, 0.6) is 11.5 Å². The smallest absolute Gasteiger partial charge is 0.261 e. The lowest BCUT2D eigenvalue weighted by Crippen LogP contribution is -2.62. The number of nitrogens with zero attached hydrogens (tertiary/aromatic N) is 3. The third-order valence-corrected chi connectivity index (χ3v) is 6.91. The predicted molar refractivity (Wildman–Crippen MR) is 114 cm³/mol. The second-order valence-corrected chi connectivity index (χ2v) is 8.49. The fraction of sp³-hybridized carbons (Fsp3) is 0.652. The highest BCUT2D eigenvalue weighted by molar-refractivity contribution is 6.00. The first kappa shape index (κ1) is 21.0. The average Bonchev–Trinajstić information content (AvgIpc) is 2.78. The Morgan fingerprint density at radius 1 is 0.833 bits per heavy atom. The molecule has 0 spiro atoms. The summed E-state index contributed by atoms with van der Waals surface area (Å²) >= 11 is 0. The summed E-state index contributed by atoms with van der Waals surface area (Å²) in [5.41, 5.74) is 0.449. The molecule has 0 aromatic heterocycles. The molecule has 2 saturated heterocycles. The molecule has 0 N–H and O–H groups in total. The van der Waals surface area contributed by atoms with E-state index in [1.807, 2.05) is 11.0 Å². The summed E-state index contributed by atoms with van der Waals surface area (Å²) < 4.78 is 10.8. The SMILES string of the molecule is COc1cccc(OC)c1C(=O)N1CCN(C(=O)[C@@H]2CCN2C2CCCCC2)CC1. The zero-order valence-corrected chi connectivity index (χ0v) is 18.1. The quantitative estimate of drug-likeness (QED) is 0.739. The minimum Gasteiger partial charge on any atom is -0.496 e. The van der Waals surface area contributed by atoms with Crippen LogP contribution >= 0.6 is 0 Å². The number of carbonyl (C=O) groups is 2. The zero-order valence-electron chi connectivity index (χ0n) is 18.1. The van der Waals surface area contributed by atoms with Gasteiger partial charge in [-0.3, -0.25) is 14.5 Å². The summed E-state index contributed by atoms with van der Waals surface area (Å²) in [6.45, 7) is 3.27. The third-order valence-electron chi connectivity index (χ3n) is 6.91. The first-order chi connectivity index (χ1) is 14.6. The van der Waals surface area contributed by atoms with Gasteiger partial charge >= 0.3 is 0 Å². The molecule has 164 valence electrons. The van der Waals surface area contributed by atoms with Crippen LogP contribution in [-0.2, 0) is 4.79 Å². The molecule has 3 fully saturated rings. The first-order valence-electron chi connectivity index (χ1n) is 11.2. The lowest BCUT2D eigenvalue weighted by Gasteiger charge is -2.48. The summed E-state index contributed by atoms with van der Waals surface area (Å²) in [5, 5.41) is 0. The number of likely N-dealkylation sites (tertiary alicyclic amines) is 1. The predicted octanol–water partition coefficient (Wildman–Crippen LogP) is 2.40. The highest BCUT2D eigenvalue weighted by atomic mass is 16.5. The van der Waals surface area contributed by atoms with Gasteiger partial charge in [-0.05, 0) is 31.4 Å². The lowest BCUT2D eigenvalue weighted by molar-refractivity contribution is -0.145. The number of amides is 2. The van der Waals surface area contributed by atoms with E-state index in [-0.39, 0.29) is 17.9 Å². The van der Waals surface area contributed by atoms with Crippen molar-refractivity contribution < 1.29 is 19.1 Å². The van der Waals surface area contributed by atoms with E-state index in [4.69, 9.17) is 9.47 Å². The van der Waals surface area contributed by atoms with Gasteiger partial charge in [0.1, 0.15) is 17.1 Å². The summed E-state index contributed by atoms with van der Waals surface area (Å²) in [6.07, 6.45) is 7.33. The second kappa shape index (κ2) is 9.25. The van der Waals surface area contributed by atoms with Crippen LogP contribution in [0.4, 0.5) is 0 Å². The molecule has 1 aromatic rings. The van der Waals surface area contributed by atoms with Crippen LogP contribution in [-0.4, -0.2) is 85.5 Å². The molecular weight excluding hydrogens is 382 g/mol. The monoisotopic (exact) mass is 415 g/mol. The van der Waals surface area contributed by atoms with Gasteiger partial charge in [-0.25, -0.2) is 0 Å². The molecule has 3 aliphatic rings. The van der Waals surface area contributed by atoms with E-state index in [9.17, 15) is 9.59 Å². The van der Waals surface area contributed by atoms with Crippen LogP contribution in [0, 0.1) is 0 Å². The third kappa shape index (κ3) is 4.00. The molecule has 1 aliphatic carbocycles. The van der Waals surface area contributed by atoms with Gasteiger partial charge < -0.3 is 19.3 Å². The fourth-order valence-corrected chi connectivity index (χ4v) is 5.08. The molecule has 1 aromatic carbocycles. The maximum atomic E-state index is 13.1. The summed E-state index contributed by atoms with van der Waals surface area (Å²) in [7, 11) is 3.11. The molecule has 7 nitrogen and oxygen atoms in total. The van der Waals surface area contributed by atoms with Crippen molar-refractivity contribution in [3.8, 4) is 11.5 Å². The van der Waals surface area contributed by atoms with Gasteiger partial charge in [0.25, 0.3) is 5.91 Å². The Hall–Kier alpha value is -2.28. The van der Waals surface area contributed by atoms with Crippen molar-refractivity contribution in [1.29, 1.82) is 0 Å². The number of piperazine rings is 1. The van der Waals surface area contributed by atoms with E-state index < -0.39 is 0 Å². The maximum Gasteiger partial charge on any atom is 0.261 e. The molecule has 4 rings (SSSR count). The number of rotatable bonds is 5. The Morgan fingerprint density at radius 3 is 1.97 bits per heavy atom. The van der Waals surface area contributed by atoms with Crippen LogP contribution in [0.2, 0.25) is 0 Å². The molecule has 30 heavy (non-hydrogen) atoms. The summed E-state index contributed by atoms with van der Waals surface area (Å²) in [4.78, 5) is 32.4. The van der Waals surface area contributed by atoms with Crippen molar-refractivity contribution in [2.24, 2.45) is 0 Å². The molecule has 2 aliphatic heterocycles. The van der Waals surface area contributed by atoms with E-state index in [1.165, 1.54) is 32.1 Å². The van der Waals surface area contributed by atoms with Crippen molar-refractivity contribution in [2.75, 3.05) is 46.9 Å². The van der Waals surface area contributed by atoms with Gasteiger partial charge in [0.15, 0.2) is 0 Å². The van der Waals surface area contributed by atoms with Crippen molar-refractivity contribution in [3.63, 3.8) is 0 Å². The Morgan fingerprint density at radius 2 is 1.43 bits per heavy atom. The number of methoxy groups -OCH3 is 2. The van der Waals surface area contributed by atoms with Gasteiger partial charge in [-0.2, -0.15) is 0 Å². The molecule has 1 atom stereocenters. The second-order valence-electron chi connectivity index (χ2n) is 8.49. The molecule has 0 bridgehead atoms. The van der Waals surface area contributed by atoms with E-state index in [1.54, 1.807) is 31.3 Å². The van der Waals surface area contributed by atoms with Crippen molar-refractivity contribution in [2.45, 2.75) is 50.6 Å². The molecule has 2 heterocycles. The van der Waals surface area contributed by atoms with Gasteiger partial charge in [0.05, 0.1) is 20.3 Å². The first-order valence-corrected chi connectivity index (χ1v) is 11.2. The standard InChI is InChI=1S/C23H33N3O4/c1-29-19-9-6-10-20(30-2)21(19)23(28)25-15-13-24(14-16-25)22(27)18-11-12-26(18)17-7-4-3-5-8-17/h6,9-10,17-18H,3-5,7-8,11-16H2,1-2H3/t18-/m0/s1. The number of hydrogen-bond donors (Lipinski definition) is 0. The molecular formula is C23H33N3O4. The zero-order chi connectivity index (χ0) is 21.1. The van der Waals surface area contributed by atoms with Gasteiger partial charge in [-0.1, -0.05) is 25.3 Å². The normalized spacial score (nSPS) is 23.1. The highest BCUT2D eigenvalue weighted by Gasteiger charge is 2.41. The van der Waals surface area contributed by atoms with E-state index >= 15 is 0 Å². The van der Waals surface area contributed by atoms with Crippen LogP contribution in [0.15, 0.2) is 18.2 Å². The summed E-state index contributed by atoms with van der Waals surface area (Å²) in [5.74, 6) is 1.16. The Kier molecular flexibility index (Phi) is 6.46. The molecule has 7 heteroatoms. The highest BCUT2D eigenvalue weighted by Crippen LogP contribution is 2.32. The lowest BCUT2D eigenvalue weighted by atomic mass is 9.88. The van der Waals surface area contributed by atoms with E-state index in [2.05, 4.69) is 4.90 Å². The van der Waals surface area contributed by atoms with Crippen LogP contribution in [0.25, 0.3) is 0 Å². The number of ether oxygens (including phenoxy) is 2. The largest absolute Gasteiger partial charge is 0.496 e. The number of carbonyl (C=O) groups excluding carboxylic acids is 2. The molecule has 2 amide bonds. The molecule has 0 unspecified atom stereocenters. The van der Waals surface area contributed by atoms with Crippen molar-refractivity contribution in [3.05, 3.63) is 23.8 Å². The Balaban J connectivity index is 1.36. The van der Waals surface area contributed by atoms with Gasteiger partial charge in [-0.15, -0.1) is 0 Å². The maximum absolute atomic E-state index is 13.1. The van der Waals surface area contributed by atoms with E-state index in [0.29, 0.717) is 49.3 Å². The van der Waals surface area contributed by atoms with Crippen LogP contribution in [0.1, 0.15) is 48.9 Å². The van der Waals surface area contributed by atoms with Gasteiger partial charge in [0.2, 0.25) is 5.91 Å².